The summed E-state index contributed by atoms with van der Waals surface area (Å²) in [5, 5.41) is 6.11. The van der Waals surface area contributed by atoms with Crippen molar-refractivity contribution in [1.82, 2.24) is 20.2 Å². The molecule has 0 radical (unpaired) electrons. The number of hydrogen-bond acceptors (Lipinski definition) is 3. The number of imidazole rings is 1. The summed E-state index contributed by atoms with van der Waals surface area (Å²) in [6, 6.07) is 0.486. The third-order valence-electron chi connectivity index (χ3n) is 2.67. The Morgan fingerprint density at radius 1 is 1.41 bits per heavy atom. The minimum absolute atomic E-state index is 0.0397. The van der Waals surface area contributed by atoms with Crippen molar-refractivity contribution in [2.45, 2.75) is 45.8 Å². The highest BCUT2D eigenvalue weighted by Crippen LogP contribution is 1.92. The second-order valence-electron chi connectivity index (χ2n) is 4.42. The normalized spacial score (nSPS) is 14.3. The van der Waals surface area contributed by atoms with Crippen LogP contribution in [0.15, 0.2) is 18.7 Å². The average molecular weight is 238 g/mol. The van der Waals surface area contributed by atoms with Gasteiger partial charge in [-0.25, -0.2) is 4.98 Å². The van der Waals surface area contributed by atoms with E-state index in [1.807, 2.05) is 17.7 Å². The van der Waals surface area contributed by atoms with Gasteiger partial charge in [-0.05, 0) is 20.3 Å². The number of nitrogens with zero attached hydrogens (tertiary/aromatic N) is 2. The molecule has 0 aliphatic heterocycles. The Morgan fingerprint density at radius 3 is 2.76 bits per heavy atom. The largest absolute Gasteiger partial charge is 0.351 e. The predicted octanol–water partition coefficient (Wildman–Crippen LogP) is 0.776. The van der Waals surface area contributed by atoms with Gasteiger partial charge in [-0.1, -0.05) is 6.92 Å². The summed E-state index contributed by atoms with van der Waals surface area (Å²) in [4.78, 5) is 15.6. The molecule has 0 spiro atoms. The van der Waals surface area contributed by atoms with Gasteiger partial charge in [0.15, 0.2) is 0 Å². The van der Waals surface area contributed by atoms with Crippen molar-refractivity contribution in [3.63, 3.8) is 0 Å². The number of carbonyl (C=O) groups excluding carboxylic acids is 1. The molecule has 2 N–H and O–H groups in total. The maximum atomic E-state index is 11.6. The average Bonchev–Trinajstić information content (AvgIpc) is 2.78. The van der Waals surface area contributed by atoms with Gasteiger partial charge in [-0.15, -0.1) is 0 Å². The molecule has 2 unspecified atom stereocenters. The molecule has 96 valence electrons. The van der Waals surface area contributed by atoms with Crippen LogP contribution >= 0.6 is 0 Å². The molecule has 5 heteroatoms. The van der Waals surface area contributed by atoms with Crippen molar-refractivity contribution in [2.24, 2.45) is 0 Å². The number of hydrogen-bond donors (Lipinski definition) is 2. The van der Waals surface area contributed by atoms with Gasteiger partial charge < -0.3 is 15.2 Å². The zero-order chi connectivity index (χ0) is 12.7. The number of rotatable bonds is 7. The molecule has 2 atom stereocenters. The van der Waals surface area contributed by atoms with E-state index in [1.54, 1.807) is 12.5 Å². The lowest BCUT2D eigenvalue weighted by atomic mass is 10.2. The van der Waals surface area contributed by atoms with Crippen LogP contribution in [-0.2, 0) is 11.3 Å². The lowest BCUT2D eigenvalue weighted by molar-refractivity contribution is -0.121. The standard InChI is InChI=1S/C12H22N4O/c1-4-10(2)14-7-12(17)15-11(3)8-16-6-5-13-9-16/h5-6,9-11,14H,4,7-8H2,1-3H3,(H,15,17). The van der Waals surface area contributed by atoms with Crippen LogP contribution in [-0.4, -0.2) is 34.1 Å². The molecule has 0 saturated heterocycles. The number of aromatic nitrogens is 2. The van der Waals surface area contributed by atoms with Gasteiger partial charge in [-0.2, -0.15) is 0 Å². The number of nitrogens with one attached hydrogen (secondary N) is 2. The van der Waals surface area contributed by atoms with E-state index in [9.17, 15) is 4.79 Å². The van der Waals surface area contributed by atoms with Crippen LogP contribution in [0.5, 0.6) is 0 Å². The van der Waals surface area contributed by atoms with Crippen molar-refractivity contribution < 1.29 is 4.79 Å². The third-order valence-corrected chi connectivity index (χ3v) is 2.67. The minimum Gasteiger partial charge on any atom is -0.351 e. The molecular formula is C12H22N4O. The summed E-state index contributed by atoms with van der Waals surface area (Å²) in [6.07, 6.45) is 6.40. The fourth-order valence-electron chi connectivity index (χ4n) is 1.49. The number of carbonyl (C=O) groups is 1. The summed E-state index contributed by atoms with van der Waals surface area (Å²) >= 11 is 0. The Bertz CT molecular complexity index is 323. The Morgan fingerprint density at radius 2 is 2.18 bits per heavy atom. The maximum absolute atomic E-state index is 11.6. The van der Waals surface area contributed by atoms with Gasteiger partial charge in [0.05, 0.1) is 12.9 Å². The van der Waals surface area contributed by atoms with Crippen molar-refractivity contribution in [1.29, 1.82) is 0 Å². The van der Waals surface area contributed by atoms with E-state index in [2.05, 4.69) is 29.5 Å². The van der Waals surface area contributed by atoms with E-state index in [1.165, 1.54) is 0 Å². The quantitative estimate of drug-likeness (QED) is 0.738. The van der Waals surface area contributed by atoms with Gasteiger partial charge in [0, 0.05) is 31.0 Å². The Balaban J connectivity index is 2.21. The molecule has 5 nitrogen and oxygen atoms in total. The SMILES string of the molecule is CCC(C)NCC(=O)NC(C)Cn1ccnc1. The highest BCUT2D eigenvalue weighted by molar-refractivity contribution is 5.78. The molecule has 0 saturated carbocycles. The molecule has 1 aromatic rings. The van der Waals surface area contributed by atoms with Crippen molar-refractivity contribution >= 4 is 5.91 Å². The highest BCUT2D eigenvalue weighted by atomic mass is 16.1. The van der Waals surface area contributed by atoms with E-state index >= 15 is 0 Å². The summed E-state index contributed by atoms with van der Waals surface area (Å²) < 4.78 is 1.95. The van der Waals surface area contributed by atoms with Gasteiger partial charge >= 0.3 is 0 Å². The molecule has 17 heavy (non-hydrogen) atoms. The molecule has 1 rings (SSSR count). The summed E-state index contributed by atoms with van der Waals surface area (Å²) in [6.45, 7) is 7.28. The predicted molar refractivity (Wildman–Crippen MR) is 67.6 cm³/mol. The van der Waals surface area contributed by atoms with E-state index in [0.29, 0.717) is 12.6 Å². The Kier molecular flexibility index (Phi) is 5.69. The Labute approximate surface area is 103 Å². The van der Waals surface area contributed by atoms with Gasteiger partial charge in [0.25, 0.3) is 0 Å². The molecular weight excluding hydrogens is 216 g/mol. The molecule has 0 aliphatic rings. The zero-order valence-electron chi connectivity index (χ0n) is 10.8. The van der Waals surface area contributed by atoms with Crippen molar-refractivity contribution in [3.05, 3.63) is 18.7 Å². The van der Waals surface area contributed by atoms with Crippen LogP contribution in [0.4, 0.5) is 0 Å². The smallest absolute Gasteiger partial charge is 0.234 e. The van der Waals surface area contributed by atoms with Gasteiger partial charge in [0.2, 0.25) is 5.91 Å². The molecule has 0 aliphatic carbocycles. The first-order valence-electron chi connectivity index (χ1n) is 6.10. The van der Waals surface area contributed by atoms with Gasteiger partial charge in [-0.3, -0.25) is 4.79 Å². The van der Waals surface area contributed by atoms with Crippen LogP contribution in [0.2, 0.25) is 0 Å². The molecule has 0 aromatic carbocycles. The second kappa shape index (κ2) is 7.06. The minimum atomic E-state index is 0.0397. The summed E-state index contributed by atoms with van der Waals surface area (Å²) in [5.74, 6) is 0.0397. The van der Waals surface area contributed by atoms with Crippen LogP contribution in [0, 0.1) is 0 Å². The molecule has 0 bridgehead atoms. The fourth-order valence-corrected chi connectivity index (χ4v) is 1.49. The summed E-state index contributed by atoms with van der Waals surface area (Å²) in [5.41, 5.74) is 0. The topological polar surface area (TPSA) is 59.0 Å². The van der Waals surface area contributed by atoms with Gasteiger partial charge in [0.1, 0.15) is 0 Å². The lowest BCUT2D eigenvalue weighted by Gasteiger charge is -2.16. The summed E-state index contributed by atoms with van der Waals surface area (Å²) in [7, 11) is 0. The van der Waals surface area contributed by atoms with E-state index in [4.69, 9.17) is 0 Å². The first-order valence-corrected chi connectivity index (χ1v) is 6.10. The van der Waals surface area contributed by atoms with Crippen LogP contribution < -0.4 is 10.6 Å². The molecule has 1 aromatic heterocycles. The Hall–Kier alpha value is -1.36. The van der Waals surface area contributed by atoms with E-state index in [-0.39, 0.29) is 11.9 Å². The molecule has 0 fully saturated rings. The number of amides is 1. The lowest BCUT2D eigenvalue weighted by Crippen LogP contribution is -2.42. The monoisotopic (exact) mass is 238 g/mol. The highest BCUT2D eigenvalue weighted by Gasteiger charge is 2.08. The van der Waals surface area contributed by atoms with E-state index < -0.39 is 0 Å². The third kappa shape index (κ3) is 5.49. The zero-order valence-corrected chi connectivity index (χ0v) is 10.8. The fraction of sp³-hybridized carbons (Fsp3) is 0.667. The van der Waals surface area contributed by atoms with Crippen molar-refractivity contribution in [3.8, 4) is 0 Å². The molecule has 1 heterocycles. The first-order chi connectivity index (χ1) is 8.11. The van der Waals surface area contributed by atoms with Crippen LogP contribution in [0.25, 0.3) is 0 Å². The maximum Gasteiger partial charge on any atom is 0.234 e. The van der Waals surface area contributed by atoms with Crippen molar-refractivity contribution in [2.75, 3.05) is 6.54 Å². The first kappa shape index (κ1) is 13.7. The second-order valence-corrected chi connectivity index (χ2v) is 4.42. The van der Waals surface area contributed by atoms with Crippen LogP contribution in [0.1, 0.15) is 27.2 Å². The molecule has 1 amide bonds. The van der Waals surface area contributed by atoms with E-state index in [0.717, 1.165) is 13.0 Å². The van der Waals surface area contributed by atoms with Crippen LogP contribution in [0.3, 0.4) is 0 Å².